The van der Waals surface area contributed by atoms with Gasteiger partial charge in [0.05, 0.1) is 11.8 Å². The second kappa shape index (κ2) is 5.41. The van der Waals surface area contributed by atoms with E-state index in [0.717, 1.165) is 27.9 Å². The molecule has 4 aromatic rings. The molecule has 0 amide bonds. The number of imidazole rings is 1. The number of aryl methyl sites for hydroxylation is 1. The molecule has 7 heteroatoms. The zero-order valence-electron chi connectivity index (χ0n) is 13.7. The first-order chi connectivity index (χ1) is 12.3. The van der Waals surface area contributed by atoms with Gasteiger partial charge >= 0.3 is 0 Å². The Kier molecular flexibility index (Phi) is 3.06. The zero-order chi connectivity index (χ0) is 16.8. The number of fused-ring (bicyclic) bond motifs is 2. The van der Waals surface area contributed by atoms with Crippen LogP contribution >= 0.6 is 0 Å². The summed E-state index contributed by atoms with van der Waals surface area (Å²) in [7, 11) is 0. The summed E-state index contributed by atoms with van der Waals surface area (Å²) in [6, 6.07) is 8.57. The van der Waals surface area contributed by atoms with Crippen LogP contribution in [0.2, 0.25) is 0 Å². The molecular formula is C18H17N7. The van der Waals surface area contributed by atoms with E-state index in [1.54, 1.807) is 6.33 Å². The fourth-order valence-corrected chi connectivity index (χ4v) is 2.91. The molecule has 1 aromatic carbocycles. The van der Waals surface area contributed by atoms with Gasteiger partial charge in [-0.15, -0.1) is 0 Å². The lowest BCUT2D eigenvalue weighted by Crippen LogP contribution is -2.07. The minimum absolute atomic E-state index is 0.503. The Morgan fingerprint density at radius 1 is 1.12 bits per heavy atom. The van der Waals surface area contributed by atoms with Crippen molar-refractivity contribution in [3.63, 3.8) is 0 Å². The number of rotatable bonds is 4. The second-order valence-corrected chi connectivity index (χ2v) is 6.40. The molecule has 3 N–H and O–H groups in total. The zero-order valence-corrected chi connectivity index (χ0v) is 13.7. The Morgan fingerprint density at radius 3 is 2.92 bits per heavy atom. The minimum atomic E-state index is 0.503. The Labute approximate surface area is 143 Å². The Morgan fingerprint density at radius 2 is 2.04 bits per heavy atom. The molecule has 0 unspecified atom stereocenters. The van der Waals surface area contributed by atoms with Crippen molar-refractivity contribution in [1.29, 1.82) is 0 Å². The van der Waals surface area contributed by atoms with E-state index in [1.165, 1.54) is 18.4 Å². The van der Waals surface area contributed by atoms with Crippen LogP contribution in [-0.4, -0.2) is 31.0 Å². The van der Waals surface area contributed by atoms with Gasteiger partial charge in [-0.2, -0.15) is 9.97 Å². The number of anilines is 3. The van der Waals surface area contributed by atoms with Crippen molar-refractivity contribution in [1.82, 2.24) is 24.9 Å². The second-order valence-electron chi connectivity index (χ2n) is 6.40. The molecule has 0 radical (unpaired) electrons. The number of hydrogen-bond donors (Lipinski definition) is 3. The molecular weight excluding hydrogens is 314 g/mol. The Balaban J connectivity index is 1.53. The molecule has 5 rings (SSSR count). The van der Waals surface area contributed by atoms with Crippen molar-refractivity contribution in [2.24, 2.45) is 0 Å². The summed E-state index contributed by atoms with van der Waals surface area (Å²) in [6.07, 6.45) is 5.83. The largest absolute Gasteiger partial charge is 0.365 e. The molecule has 0 spiro atoms. The first-order valence-electron chi connectivity index (χ1n) is 8.36. The number of nitrogens with one attached hydrogen (secondary N) is 3. The lowest BCUT2D eigenvalue weighted by molar-refractivity contribution is 1.10. The van der Waals surface area contributed by atoms with Gasteiger partial charge in [0.15, 0.2) is 11.5 Å². The van der Waals surface area contributed by atoms with E-state index in [0.29, 0.717) is 17.6 Å². The van der Waals surface area contributed by atoms with Crippen LogP contribution in [0.25, 0.3) is 22.1 Å². The Bertz CT molecular complexity index is 1080. The first kappa shape index (κ1) is 14.2. The van der Waals surface area contributed by atoms with E-state index in [-0.39, 0.29) is 0 Å². The van der Waals surface area contributed by atoms with Crippen LogP contribution in [0, 0.1) is 6.92 Å². The highest BCUT2D eigenvalue weighted by Gasteiger charge is 2.23. The van der Waals surface area contributed by atoms with Crippen LogP contribution in [-0.2, 0) is 0 Å². The smallest absolute Gasteiger partial charge is 0.231 e. The molecule has 25 heavy (non-hydrogen) atoms. The monoisotopic (exact) mass is 331 g/mol. The van der Waals surface area contributed by atoms with Crippen LogP contribution in [0.4, 0.5) is 17.5 Å². The highest BCUT2D eigenvalue weighted by atomic mass is 15.2. The van der Waals surface area contributed by atoms with Crippen molar-refractivity contribution < 1.29 is 0 Å². The predicted octanol–water partition coefficient (Wildman–Crippen LogP) is 3.53. The summed E-state index contributed by atoms with van der Waals surface area (Å²) in [4.78, 5) is 20.9. The number of aromatic nitrogens is 5. The van der Waals surface area contributed by atoms with Gasteiger partial charge in [-0.1, -0.05) is 0 Å². The summed E-state index contributed by atoms with van der Waals surface area (Å²) >= 11 is 0. The maximum absolute atomic E-state index is 4.63. The van der Waals surface area contributed by atoms with Crippen LogP contribution < -0.4 is 10.6 Å². The van der Waals surface area contributed by atoms with Crippen LogP contribution in [0.1, 0.15) is 18.4 Å². The number of H-pyrrole nitrogens is 1. The highest BCUT2D eigenvalue weighted by Crippen LogP contribution is 2.28. The van der Waals surface area contributed by atoms with E-state index in [9.17, 15) is 0 Å². The van der Waals surface area contributed by atoms with Gasteiger partial charge in [-0.05, 0) is 49.6 Å². The minimum Gasteiger partial charge on any atom is -0.365 e. The van der Waals surface area contributed by atoms with Crippen LogP contribution in [0.5, 0.6) is 0 Å². The molecule has 1 saturated carbocycles. The number of aromatic amines is 1. The van der Waals surface area contributed by atoms with Gasteiger partial charge in [0.25, 0.3) is 0 Å². The van der Waals surface area contributed by atoms with E-state index in [2.05, 4.69) is 48.5 Å². The molecule has 1 aliphatic carbocycles. The molecule has 0 aliphatic heterocycles. The van der Waals surface area contributed by atoms with Crippen molar-refractivity contribution in [3.8, 4) is 0 Å². The topological polar surface area (TPSA) is 91.4 Å². The summed E-state index contributed by atoms with van der Waals surface area (Å²) in [6.45, 7) is 2.08. The molecule has 3 aromatic heterocycles. The Hall–Kier alpha value is -3.22. The van der Waals surface area contributed by atoms with Gasteiger partial charge in [0, 0.05) is 23.3 Å². The number of nitrogens with zero attached hydrogens (tertiary/aromatic N) is 4. The lowest BCUT2D eigenvalue weighted by atomic mass is 10.1. The summed E-state index contributed by atoms with van der Waals surface area (Å²) in [5, 5.41) is 7.85. The maximum Gasteiger partial charge on any atom is 0.231 e. The van der Waals surface area contributed by atoms with Gasteiger partial charge in [0.1, 0.15) is 5.52 Å². The third-order valence-corrected chi connectivity index (χ3v) is 4.42. The quantitative estimate of drug-likeness (QED) is 0.530. The van der Waals surface area contributed by atoms with Crippen LogP contribution in [0.3, 0.4) is 0 Å². The summed E-state index contributed by atoms with van der Waals surface area (Å²) < 4.78 is 0. The first-order valence-corrected chi connectivity index (χ1v) is 8.36. The molecule has 0 atom stereocenters. The number of pyridine rings is 1. The summed E-state index contributed by atoms with van der Waals surface area (Å²) in [5.74, 6) is 1.33. The fourth-order valence-electron chi connectivity index (χ4n) is 2.91. The lowest BCUT2D eigenvalue weighted by Gasteiger charge is -2.10. The van der Waals surface area contributed by atoms with E-state index in [1.807, 2.05) is 24.4 Å². The highest BCUT2D eigenvalue weighted by molar-refractivity contribution is 5.87. The predicted molar refractivity (Wildman–Crippen MR) is 98.1 cm³/mol. The van der Waals surface area contributed by atoms with Crippen LogP contribution in [0.15, 0.2) is 36.8 Å². The van der Waals surface area contributed by atoms with Gasteiger partial charge < -0.3 is 15.6 Å². The van der Waals surface area contributed by atoms with E-state index >= 15 is 0 Å². The number of benzene rings is 1. The SMILES string of the molecule is Cc1ccnc2ccc(Nc3nc(NC4CC4)c4[nH]cnc4n3)cc12. The third kappa shape index (κ3) is 2.63. The standard InChI is InChI=1S/C18H17N7/c1-10-6-7-19-14-5-4-12(8-13(10)14)23-18-24-16-15(20-9-21-16)17(25-18)22-11-2-3-11/h4-9,11H,2-3H2,1H3,(H3,20,21,22,23,24,25). The van der Waals surface area contributed by atoms with Crippen molar-refractivity contribution in [3.05, 3.63) is 42.4 Å². The molecule has 1 aliphatic rings. The van der Waals surface area contributed by atoms with E-state index < -0.39 is 0 Å². The van der Waals surface area contributed by atoms with Gasteiger partial charge in [0.2, 0.25) is 5.95 Å². The molecule has 1 fully saturated rings. The number of hydrogen-bond acceptors (Lipinski definition) is 6. The molecule has 3 heterocycles. The molecule has 124 valence electrons. The molecule has 0 bridgehead atoms. The average molecular weight is 331 g/mol. The van der Waals surface area contributed by atoms with Gasteiger partial charge in [-0.25, -0.2) is 4.98 Å². The maximum atomic E-state index is 4.63. The van der Waals surface area contributed by atoms with Crippen molar-refractivity contribution in [2.75, 3.05) is 10.6 Å². The average Bonchev–Trinajstić information content (AvgIpc) is 3.29. The molecule has 7 nitrogen and oxygen atoms in total. The van der Waals surface area contributed by atoms with Crippen molar-refractivity contribution >= 4 is 39.5 Å². The summed E-state index contributed by atoms with van der Waals surface area (Å²) in [5.41, 5.74) is 4.59. The van der Waals surface area contributed by atoms with E-state index in [4.69, 9.17) is 0 Å². The van der Waals surface area contributed by atoms with Gasteiger partial charge in [-0.3, -0.25) is 4.98 Å². The van der Waals surface area contributed by atoms with Crippen molar-refractivity contribution in [2.45, 2.75) is 25.8 Å². The third-order valence-electron chi connectivity index (χ3n) is 4.42. The fraction of sp³-hybridized carbons (Fsp3) is 0.222. The molecule has 0 saturated heterocycles. The normalized spacial score (nSPS) is 14.1.